The first-order valence-electron chi connectivity index (χ1n) is 7.39. The van der Waals surface area contributed by atoms with E-state index >= 15 is 0 Å². The number of fused-ring (bicyclic) bond motifs is 1. The van der Waals surface area contributed by atoms with Gasteiger partial charge in [0.25, 0.3) is 0 Å². The maximum absolute atomic E-state index is 4.66. The zero-order valence-corrected chi connectivity index (χ0v) is 12.5. The highest BCUT2D eigenvalue weighted by Crippen LogP contribution is 2.23. The molecule has 1 aromatic heterocycles. The van der Waals surface area contributed by atoms with E-state index < -0.39 is 0 Å². The second-order valence-electron chi connectivity index (χ2n) is 5.52. The van der Waals surface area contributed by atoms with Crippen molar-refractivity contribution in [2.75, 3.05) is 11.9 Å². The summed E-state index contributed by atoms with van der Waals surface area (Å²) in [4.78, 5) is 4.66. The van der Waals surface area contributed by atoms with Crippen molar-refractivity contribution in [1.82, 2.24) is 4.98 Å². The average molecular weight is 276 g/mol. The summed E-state index contributed by atoms with van der Waals surface area (Å²) in [5.41, 5.74) is 4.57. The minimum Gasteiger partial charge on any atom is -0.383 e. The quantitative estimate of drug-likeness (QED) is 0.743. The Morgan fingerprint density at radius 2 is 1.76 bits per heavy atom. The number of nitrogens with one attached hydrogen (secondary N) is 1. The van der Waals surface area contributed by atoms with Crippen LogP contribution >= 0.6 is 0 Å². The van der Waals surface area contributed by atoms with Gasteiger partial charge in [-0.1, -0.05) is 55.5 Å². The summed E-state index contributed by atoms with van der Waals surface area (Å²) < 4.78 is 0. The number of aryl methyl sites for hydroxylation is 1. The predicted molar refractivity (Wildman–Crippen MR) is 89.8 cm³/mol. The van der Waals surface area contributed by atoms with Crippen molar-refractivity contribution >= 4 is 16.6 Å². The van der Waals surface area contributed by atoms with E-state index in [-0.39, 0.29) is 0 Å². The maximum Gasteiger partial charge on any atom is 0.0936 e. The van der Waals surface area contributed by atoms with Gasteiger partial charge in [0.1, 0.15) is 0 Å². The van der Waals surface area contributed by atoms with Crippen LogP contribution < -0.4 is 5.32 Å². The summed E-state index contributed by atoms with van der Waals surface area (Å²) in [7, 11) is 0. The fraction of sp³-hybridized carbons (Fsp3) is 0.211. The third-order valence-corrected chi connectivity index (χ3v) is 3.83. The number of anilines is 1. The molecule has 0 spiro atoms. The first-order valence-corrected chi connectivity index (χ1v) is 7.39. The number of hydrogen-bond acceptors (Lipinski definition) is 2. The van der Waals surface area contributed by atoms with E-state index in [1.165, 1.54) is 10.9 Å². The average Bonchev–Trinajstić information content (AvgIpc) is 2.53. The number of hydrogen-bond donors (Lipinski definition) is 1. The maximum atomic E-state index is 4.66. The van der Waals surface area contributed by atoms with E-state index in [2.05, 4.69) is 77.9 Å². The second kappa shape index (κ2) is 5.96. The molecule has 2 aromatic carbocycles. The highest BCUT2D eigenvalue weighted by molar-refractivity contribution is 5.90. The van der Waals surface area contributed by atoms with E-state index in [1.54, 1.807) is 0 Å². The molecule has 1 unspecified atom stereocenters. The Morgan fingerprint density at radius 1 is 0.952 bits per heavy atom. The highest BCUT2D eigenvalue weighted by Gasteiger charge is 2.07. The lowest BCUT2D eigenvalue weighted by atomic mass is 10.0. The van der Waals surface area contributed by atoms with E-state index in [4.69, 9.17) is 0 Å². The Bertz CT molecular complexity index is 735. The largest absolute Gasteiger partial charge is 0.383 e. The van der Waals surface area contributed by atoms with Gasteiger partial charge in [-0.05, 0) is 30.5 Å². The summed E-state index contributed by atoms with van der Waals surface area (Å²) in [6.45, 7) is 5.17. The number of benzene rings is 2. The number of rotatable bonds is 4. The topological polar surface area (TPSA) is 24.9 Å². The van der Waals surface area contributed by atoms with Crippen LogP contribution in [0.3, 0.4) is 0 Å². The van der Waals surface area contributed by atoms with Crippen molar-refractivity contribution in [2.45, 2.75) is 19.8 Å². The van der Waals surface area contributed by atoms with Crippen LogP contribution in [0.5, 0.6) is 0 Å². The normalized spacial score (nSPS) is 12.3. The van der Waals surface area contributed by atoms with E-state index in [9.17, 15) is 0 Å². The molecule has 1 heterocycles. The molecule has 0 aliphatic heterocycles. The Hall–Kier alpha value is -2.35. The highest BCUT2D eigenvalue weighted by atomic mass is 14.9. The summed E-state index contributed by atoms with van der Waals surface area (Å²) >= 11 is 0. The van der Waals surface area contributed by atoms with E-state index in [0.717, 1.165) is 23.4 Å². The molecule has 0 fully saturated rings. The van der Waals surface area contributed by atoms with Gasteiger partial charge in [-0.15, -0.1) is 0 Å². The molecule has 2 heteroatoms. The summed E-state index contributed by atoms with van der Waals surface area (Å²) in [6, 6.07) is 21.1. The standard InChI is InChI=1S/C19H20N2/c1-14(16-7-4-3-5-8-16)13-20-18-10-6-9-17-12-11-15(2)21-19(17)18/h3-12,14,20H,13H2,1-2H3. The number of aromatic nitrogens is 1. The molecule has 0 saturated carbocycles. The summed E-state index contributed by atoms with van der Waals surface area (Å²) in [5, 5.41) is 4.73. The molecule has 21 heavy (non-hydrogen) atoms. The van der Waals surface area contributed by atoms with Crippen molar-refractivity contribution in [3.63, 3.8) is 0 Å². The minimum atomic E-state index is 0.464. The predicted octanol–water partition coefficient (Wildman–Crippen LogP) is 4.76. The van der Waals surface area contributed by atoms with Gasteiger partial charge < -0.3 is 5.32 Å². The summed E-state index contributed by atoms with van der Waals surface area (Å²) in [5.74, 6) is 0.464. The first-order chi connectivity index (χ1) is 10.2. The fourth-order valence-electron chi connectivity index (χ4n) is 2.55. The van der Waals surface area contributed by atoms with Crippen LogP contribution in [0.1, 0.15) is 24.1 Å². The van der Waals surface area contributed by atoms with Gasteiger partial charge >= 0.3 is 0 Å². The van der Waals surface area contributed by atoms with Crippen LogP contribution in [0.15, 0.2) is 60.7 Å². The molecule has 0 bridgehead atoms. The number of pyridine rings is 1. The van der Waals surface area contributed by atoms with Gasteiger partial charge in [-0.2, -0.15) is 0 Å². The molecule has 0 radical (unpaired) electrons. The molecule has 106 valence electrons. The lowest BCUT2D eigenvalue weighted by Gasteiger charge is -2.15. The second-order valence-corrected chi connectivity index (χ2v) is 5.52. The number of para-hydroxylation sites is 1. The van der Waals surface area contributed by atoms with Gasteiger partial charge in [-0.25, -0.2) is 0 Å². The van der Waals surface area contributed by atoms with Gasteiger partial charge in [0.15, 0.2) is 0 Å². The van der Waals surface area contributed by atoms with E-state index in [1.807, 2.05) is 6.92 Å². The molecule has 0 aliphatic carbocycles. The van der Waals surface area contributed by atoms with Crippen molar-refractivity contribution in [3.05, 3.63) is 71.9 Å². The third kappa shape index (κ3) is 3.05. The SMILES string of the molecule is Cc1ccc2cccc(NCC(C)c3ccccc3)c2n1. The smallest absolute Gasteiger partial charge is 0.0936 e. The van der Waals surface area contributed by atoms with Crippen LogP contribution in [0.25, 0.3) is 10.9 Å². The van der Waals surface area contributed by atoms with Crippen molar-refractivity contribution in [1.29, 1.82) is 0 Å². The van der Waals surface area contributed by atoms with Crippen molar-refractivity contribution in [2.24, 2.45) is 0 Å². The molecule has 1 atom stereocenters. The van der Waals surface area contributed by atoms with Gasteiger partial charge in [0.05, 0.1) is 11.2 Å². The Labute approximate surface area is 125 Å². The lowest BCUT2D eigenvalue weighted by molar-refractivity contribution is 0.805. The molecule has 0 amide bonds. The molecular weight excluding hydrogens is 256 g/mol. The lowest BCUT2D eigenvalue weighted by Crippen LogP contribution is -2.10. The molecule has 1 N–H and O–H groups in total. The number of nitrogens with zero attached hydrogens (tertiary/aromatic N) is 1. The molecule has 3 rings (SSSR count). The zero-order chi connectivity index (χ0) is 14.7. The molecule has 0 saturated heterocycles. The Kier molecular flexibility index (Phi) is 3.87. The zero-order valence-electron chi connectivity index (χ0n) is 12.5. The van der Waals surface area contributed by atoms with Gasteiger partial charge in [-0.3, -0.25) is 4.98 Å². The Morgan fingerprint density at radius 3 is 2.57 bits per heavy atom. The molecular formula is C19H20N2. The van der Waals surface area contributed by atoms with Crippen LogP contribution in [0, 0.1) is 6.92 Å². The van der Waals surface area contributed by atoms with Gasteiger partial charge in [0, 0.05) is 17.6 Å². The monoisotopic (exact) mass is 276 g/mol. The summed E-state index contributed by atoms with van der Waals surface area (Å²) in [6.07, 6.45) is 0. The molecule has 3 aromatic rings. The van der Waals surface area contributed by atoms with Crippen LogP contribution in [-0.4, -0.2) is 11.5 Å². The van der Waals surface area contributed by atoms with Crippen molar-refractivity contribution < 1.29 is 0 Å². The Balaban J connectivity index is 1.81. The van der Waals surface area contributed by atoms with Crippen LogP contribution in [0.4, 0.5) is 5.69 Å². The first kappa shape index (κ1) is 13.6. The van der Waals surface area contributed by atoms with Crippen LogP contribution in [0.2, 0.25) is 0 Å². The third-order valence-electron chi connectivity index (χ3n) is 3.83. The molecule has 2 nitrogen and oxygen atoms in total. The molecule has 0 aliphatic rings. The fourth-order valence-corrected chi connectivity index (χ4v) is 2.55. The van der Waals surface area contributed by atoms with Crippen LogP contribution in [-0.2, 0) is 0 Å². The van der Waals surface area contributed by atoms with Crippen molar-refractivity contribution in [3.8, 4) is 0 Å². The van der Waals surface area contributed by atoms with E-state index in [0.29, 0.717) is 5.92 Å². The van der Waals surface area contributed by atoms with Gasteiger partial charge in [0.2, 0.25) is 0 Å². The minimum absolute atomic E-state index is 0.464.